The summed E-state index contributed by atoms with van der Waals surface area (Å²) in [5.74, 6) is 0.985. The molecule has 1 aromatic rings. The molecule has 1 fully saturated rings. The Balaban J connectivity index is 1.92. The van der Waals surface area contributed by atoms with Gasteiger partial charge in [0.25, 0.3) is 0 Å². The van der Waals surface area contributed by atoms with Crippen LogP contribution in [-0.4, -0.2) is 19.2 Å². The molecule has 0 aromatic heterocycles. The van der Waals surface area contributed by atoms with E-state index in [1.165, 1.54) is 16.4 Å². The minimum absolute atomic E-state index is 0.351. The molecule has 1 atom stereocenters. The lowest BCUT2D eigenvalue weighted by Gasteiger charge is -2.23. The quantitative estimate of drug-likeness (QED) is 0.847. The van der Waals surface area contributed by atoms with E-state index in [2.05, 4.69) is 40.0 Å². The number of benzene rings is 1. The lowest BCUT2D eigenvalue weighted by molar-refractivity contribution is 0.167. The highest BCUT2D eigenvalue weighted by Gasteiger charge is 2.13. The number of piperidine rings is 1. The molecule has 1 aliphatic heterocycles. The molecule has 0 unspecified atom stereocenters. The SMILES string of the molecule is Ic1ccc(O[C@H]2CCCNC2)cc1. The zero-order valence-electron chi connectivity index (χ0n) is 8.00. The summed E-state index contributed by atoms with van der Waals surface area (Å²) in [6.07, 6.45) is 2.73. The van der Waals surface area contributed by atoms with Crippen molar-refractivity contribution in [3.05, 3.63) is 27.8 Å². The van der Waals surface area contributed by atoms with Gasteiger partial charge >= 0.3 is 0 Å². The van der Waals surface area contributed by atoms with E-state index in [1.54, 1.807) is 0 Å². The van der Waals surface area contributed by atoms with Gasteiger partial charge in [0, 0.05) is 10.1 Å². The maximum Gasteiger partial charge on any atom is 0.119 e. The van der Waals surface area contributed by atoms with Crippen LogP contribution in [0.3, 0.4) is 0 Å². The molecule has 1 aromatic carbocycles. The van der Waals surface area contributed by atoms with Gasteiger partial charge in [0.2, 0.25) is 0 Å². The Labute approximate surface area is 98.2 Å². The summed E-state index contributed by atoms with van der Waals surface area (Å²) in [7, 11) is 0. The topological polar surface area (TPSA) is 21.3 Å². The van der Waals surface area contributed by atoms with E-state index in [0.29, 0.717) is 6.10 Å². The molecule has 1 heterocycles. The van der Waals surface area contributed by atoms with Crippen LogP contribution in [-0.2, 0) is 0 Å². The first-order chi connectivity index (χ1) is 6.84. The molecule has 0 spiro atoms. The van der Waals surface area contributed by atoms with Crippen LogP contribution in [0.25, 0.3) is 0 Å². The normalized spacial score (nSPS) is 21.9. The third kappa shape index (κ3) is 2.85. The number of hydrogen-bond acceptors (Lipinski definition) is 2. The molecule has 2 rings (SSSR count). The molecular weight excluding hydrogens is 289 g/mol. The Morgan fingerprint density at radius 3 is 2.71 bits per heavy atom. The third-order valence-electron chi connectivity index (χ3n) is 2.37. The van der Waals surface area contributed by atoms with E-state index in [1.807, 2.05) is 12.1 Å². The van der Waals surface area contributed by atoms with E-state index in [4.69, 9.17) is 4.74 Å². The van der Waals surface area contributed by atoms with Gasteiger partial charge in [-0.1, -0.05) is 0 Å². The fourth-order valence-corrected chi connectivity index (χ4v) is 1.99. The lowest BCUT2D eigenvalue weighted by Crippen LogP contribution is -2.37. The van der Waals surface area contributed by atoms with E-state index in [0.717, 1.165) is 18.8 Å². The maximum absolute atomic E-state index is 5.84. The van der Waals surface area contributed by atoms with Crippen molar-refractivity contribution in [3.8, 4) is 5.75 Å². The Bertz CT molecular complexity index is 280. The molecule has 76 valence electrons. The Morgan fingerprint density at radius 2 is 2.07 bits per heavy atom. The summed E-state index contributed by atoms with van der Waals surface area (Å²) in [4.78, 5) is 0. The second-order valence-electron chi connectivity index (χ2n) is 3.54. The van der Waals surface area contributed by atoms with Crippen molar-refractivity contribution < 1.29 is 4.74 Å². The van der Waals surface area contributed by atoms with Crippen LogP contribution in [0, 0.1) is 3.57 Å². The van der Waals surface area contributed by atoms with E-state index >= 15 is 0 Å². The van der Waals surface area contributed by atoms with Crippen molar-refractivity contribution in [2.75, 3.05) is 13.1 Å². The minimum atomic E-state index is 0.351. The number of hydrogen-bond donors (Lipinski definition) is 1. The van der Waals surface area contributed by atoms with Gasteiger partial charge in [-0.15, -0.1) is 0 Å². The average molecular weight is 303 g/mol. The van der Waals surface area contributed by atoms with Crippen LogP contribution in [0.2, 0.25) is 0 Å². The maximum atomic E-state index is 5.84. The van der Waals surface area contributed by atoms with Crippen LogP contribution in [0.4, 0.5) is 0 Å². The Hall–Kier alpha value is -0.290. The summed E-state index contributed by atoms with van der Waals surface area (Å²) in [5.41, 5.74) is 0. The first kappa shape index (κ1) is 10.2. The Morgan fingerprint density at radius 1 is 1.29 bits per heavy atom. The van der Waals surface area contributed by atoms with Gasteiger partial charge < -0.3 is 10.1 Å². The van der Waals surface area contributed by atoms with E-state index in [9.17, 15) is 0 Å². The van der Waals surface area contributed by atoms with Crippen LogP contribution in [0.5, 0.6) is 5.75 Å². The van der Waals surface area contributed by atoms with Gasteiger partial charge in [0.1, 0.15) is 11.9 Å². The largest absolute Gasteiger partial charge is 0.489 e. The molecule has 14 heavy (non-hydrogen) atoms. The van der Waals surface area contributed by atoms with Crippen molar-refractivity contribution in [3.63, 3.8) is 0 Å². The van der Waals surface area contributed by atoms with Gasteiger partial charge in [0.15, 0.2) is 0 Å². The molecule has 2 nitrogen and oxygen atoms in total. The van der Waals surface area contributed by atoms with Crippen molar-refractivity contribution in [2.24, 2.45) is 0 Å². The number of halogens is 1. The predicted octanol–water partition coefficient (Wildman–Crippen LogP) is 2.42. The van der Waals surface area contributed by atoms with Crippen LogP contribution >= 0.6 is 22.6 Å². The number of nitrogens with one attached hydrogen (secondary N) is 1. The van der Waals surface area contributed by atoms with Gasteiger partial charge in [-0.3, -0.25) is 0 Å². The minimum Gasteiger partial charge on any atom is -0.489 e. The number of ether oxygens (including phenoxy) is 1. The molecule has 0 radical (unpaired) electrons. The molecule has 1 saturated heterocycles. The van der Waals surface area contributed by atoms with Crippen molar-refractivity contribution in [1.29, 1.82) is 0 Å². The molecule has 1 aliphatic rings. The first-order valence-corrected chi connectivity index (χ1v) is 6.05. The summed E-state index contributed by atoms with van der Waals surface area (Å²) in [5, 5.41) is 3.34. The summed E-state index contributed by atoms with van der Waals surface area (Å²) in [6, 6.07) is 8.23. The lowest BCUT2D eigenvalue weighted by atomic mass is 10.1. The molecular formula is C11H14INO. The van der Waals surface area contributed by atoms with Crippen molar-refractivity contribution in [2.45, 2.75) is 18.9 Å². The number of rotatable bonds is 2. The predicted molar refractivity (Wildman–Crippen MR) is 65.7 cm³/mol. The van der Waals surface area contributed by atoms with Crippen LogP contribution in [0.15, 0.2) is 24.3 Å². The molecule has 0 aliphatic carbocycles. The van der Waals surface area contributed by atoms with Gasteiger partial charge in [0.05, 0.1) is 0 Å². The van der Waals surface area contributed by atoms with Crippen LogP contribution < -0.4 is 10.1 Å². The van der Waals surface area contributed by atoms with E-state index < -0.39 is 0 Å². The monoisotopic (exact) mass is 303 g/mol. The summed E-state index contributed by atoms with van der Waals surface area (Å²) >= 11 is 2.30. The first-order valence-electron chi connectivity index (χ1n) is 4.97. The fraction of sp³-hybridized carbons (Fsp3) is 0.455. The molecule has 0 saturated carbocycles. The molecule has 0 amide bonds. The zero-order chi connectivity index (χ0) is 9.80. The summed E-state index contributed by atoms with van der Waals surface area (Å²) < 4.78 is 7.09. The average Bonchev–Trinajstić information content (AvgIpc) is 2.23. The highest BCUT2D eigenvalue weighted by Crippen LogP contribution is 2.17. The second-order valence-corrected chi connectivity index (χ2v) is 4.79. The third-order valence-corrected chi connectivity index (χ3v) is 3.09. The fourth-order valence-electron chi connectivity index (χ4n) is 1.63. The second kappa shape index (κ2) is 4.98. The molecule has 0 bridgehead atoms. The Kier molecular flexibility index (Phi) is 3.64. The highest BCUT2D eigenvalue weighted by atomic mass is 127. The smallest absolute Gasteiger partial charge is 0.119 e. The van der Waals surface area contributed by atoms with Gasteiger partial charge in [-0.05, 0) is 66.2 Å². The van der Waals surface area contributed by atoms with Crippen LogP contribution in [0.1, 0.15) is 12.8 Å². The van der Waals surface area contributed by atoms with Crippen molar-refractivity contribution in [1.82, 2.24) is 5.32 Å². The van der Waals surface area contributed by atoms with E-state index in [-0.39, 0.29) is 0 Å². The molecule has 1 N–H and O–H groups in total. The highest BCUT2D eigenvalue weighted by molar-refractivity contribution is 14.1. The summed E-state index contributed by atoms with van der Waals surface area (Å²) in [6.45, 7) is 2.11. The van der Waals surface area contributed by atoms with Crippen molar-refractivity contribution >= 4 is 22.6 Å². The molecule has 3 heteroatoms. The van der Waals surface area contributed by atoms with Gasteiger partial charge in [-0.25, -0.2) is 0 Å². The zero-order valence-corrected chi connectivity index (χ0v) is 10.2. The van der Waals surface area contributed by atoms with Gasteiger partial charge in [-0.2, -0.15) is 0 Å². The standard InChI is InChI=1S/C11H14INO/c12-9-3-5-10(6-4-9)14-11-2-1-7-13-8-11/h3-6,11,13H,1-2,7-8H2/t11-/m0/s1.